The third-order valence-corrected chi connectivity index (χ3v) is 5.45. The van der Waals surface area contributed by atoms with Gasteiger partial charge in [-0.2, -0.15) is 0 Å². The molecule has 1 atom stereocenters. The van der Waals surface area contributed by atoms with Gasteiger partial charge < -0.3 is 20.0 Å². The second kappa shape index (κ2) is 7.84. The van der Waals surface area contributed by atoms with Crippen molar-refractivity contribution in [2.45, 2.75) is 26.3 Å². The third kappa shape index (κ3) is 4.13. The lowest BCUT2D eigenvalue weighted by molar-refractivity contribution is -0.129. The van der Waals surface area contributed by atoms with Gasteiger partial charge >= 0.3 is 0 Å². The van der Waals surface area contributed by atoms with Gasteiger partial charge in [-0.3, -0.25) is 9.59 Å². The van der Waals surface area contributed by atoms with Gasteiger partial charge in [-0.15, -0.1) is 0 Å². The van der Waals surface area contributed by atoms with Crippen molar-refractivity contribution in [3.63, 3.8) is 0 Å². The van der Waals surface area contributed by atoms with Crippen molar-refractivity contribution in [3.8, 4) is 0 Å². The molecular formula is C19H27ClN4O2. The lowest BCUT2D eigenvalue weighted by Crippen LogP contribution is -2.44. The molecule has 2 amide bonds. The number of hydrogen-bond acceptors (Lipinski definition) is 4. The molecule has 1 unspecified atom stereocenters. The normalized spacial score (nSPS) is 21.6. The fraction of sp³-hybridized carbons (Fsp3) is 0.579. The van der Waals surface area contributed by atoms with Crippen molar-refractivity contribution in [2.24, 2.45) is 5.92 Å². The average molecular weight is 379 g/mol. The molecule has 7 heteroatoms. The highest BCUT2D eigenvalue weighted by Crippen LogP contribution is 2.31. The van der Waals surface area contributed by atoms with Crippen molar-refractivity contribution in [2.75, 3.05) is 50.0 Å². The van der Waals surface area contributed by atoms with Crippen LogP contribution in [0.4, 0.5) is 11.4 Å². The van der Waals surface area contributed by atoms with Crippen LogP contribution in [-0.4, -0.2) is 67.4 Å². The van der Waals surface area contributed by atoms with Gasteiger partial charge in [0.2, 0.25) is 11.8 Å². The van der Waals surface area contributed by atoms with Crippen LogP contribution in [-0.2, 0) is 9.59 Å². The maximum absolute atomic E-state index is 12.8. The standard InChI is InChI=1S/C19H27ClN4O2/c1-13(2)24-12-14(10-18(24)25)19(26)21-16-11-15(20)4-5-17(16)23-8-6-22(3)7-9-23/h4-5,11,13-14H,6-10,12H2,1-3H3,(H,21,26). The van der Waals surface area contributed by atoms with E-state index in [0.717, 1.165) is 37.6 Å². The molecule has 0 aliphatic carbocycles. The molecule has 1 aromatic rings. The zero-order chi connectivity index (χ0) is 18.8. The number of amides is 2. The SMILES string of the molecule is CC(C)N1CC(C(=O)Nc2cc(Cl)ccc2N2CCN(C)CC2)CC1=O. The second-order valence-corrected chi connectivity index (χ2v) is 7.92. The molecular weight excluding hydrogens is 352 g/mol. The van der Waals surface area contributed by atoms with E-state index in [4.69, 9.17) is 11.6 Å². The lowest BCUT2D eigenvalue weighted by Gasteiger charge is -2.35. The van der Waals surface area contributed by atoms with Gasteiger partial charge in [0.15, 0.2) is 0 Å². The van der Waals surface area contributed by atoms with Crippen molar-refractivity contribution < 1.29 is 9.59 Å². The molecule has 2 aliphatic rings. The summed E-state index contributed by atoms with van der Waals surface area (Å²) in [6, 6.07) is 5.73. The Bertz CT molecular complexity index is 686. The number of nitrogens with one attached hydrogen (secondary N) is 1. The summed E-state index contributed by atoms with van der Waals surface area (Å²) in [6.07, 6.45) is 0.272. The Hall–Kier alpha value is -1.79. The number of likely N-dealkylation sites (N-methyl/N-ethyl adjacent to an activating group) is 1. The molecule has 2 aliphatic heterocycles. The molecule has 0 saturated carbocycles. The van der Waals surface area contributed by atoms with Crippen LogP contribution in [0.15, 0.2) is 18.2 Å². The predicted molar refractivity (Wildman–Crippen MR) is 105 cm³/mol. The predicted octanol–water partition coefficient (Wildman–Crippen LogP) is 2.29. The molecule has 0 radical (unpaired) electrons. The van der Waals surface area contributed by atoms with E-state index >= 15 is 0 Å². The zero-order valence-electron chi connectivity index (χ0n) is 15.7. The highest BCUT2D eigenvalue weighted by molar-refractivity contribution is 6.31. The highest BCUT2D eigenvalue weighted by atomic mass is 35.5. The lowest BCUT2D eigenvalue weighted by atomic mass is 10.1. The molecule has 0 aromatic heterocycles. The van der Waals surface area contributed by atoms with Gasteiger partial charge in [0.05, 0.1) is 17.3 Å². The number of piperazine rings is 1. The number of benzene rings is 1. The Morgan fingerprint density at radius 3 is 2.54 bits per heavy atom. The van der Waals surface area contributed by atoms with E-state index in [9.17, 15) is 9.59 Å². The molecule has 2 fully saturated rings. The van der Waals surface area contributed by atoms with E-state index in [2.05, 4.69) is 22.2 Å². The molecule has 2 heterocycles. The molecule has 1 aromatic carbocycles. The Morgan fingerprint density at radius 2 is 1.92 bits per heavy atom. The van der Waals surface area contributed by atoms with Crippen LogP contribution >= 0.6 is 11.6 Å². The fourth-order valence-electron chi connectivity index (χ4n) is 3.57. The Morgan fingerprint density at radius 1 is 1.23 bits per heavy atom. The minimum absolute atomic E-state index is 0.0468. The topological polar surface area (TPSA) is 55.9 Å². The summed E-state index contributed by atoms with van der Waals surface area (Å²) in [5.41, 5.74) is 1.71. The van der Waals surface area contributed by atoms with E-state index in [-0.39, 0.29) is 30.2 Å². The maximum Gasteiger partial charge on any atom is 0.229 e. The number of carbonyl (C=O) groups excluding carboxylic acids is 2. The molecule has 0 bridgehead atoms. The maximum atomic E-state index is 12.8. The summed E-state index contributed by atoms with van der Waals surface area (Å²) in [4.78, 5) is 31.2. The molecule has 6 nitrogen and oxygen atoms in total. The number of hydrogen-bond donors (Lipinski definition) is 1. The Labute approximate surface area is 160 Å². The van der Waals surface area contributed by atoms with E-state index < -0.39 is 0 Å². The summed E-state index contributed by atoms with van der Waals surface area (Å²) in [5, 5.41) is 3.61. The van der Waals surface area contributed by atoms with Crippen molar-refractivity contribution in [3.05, 3.63) is 23.2 Å². The van der Waals surface area contributed by atoms with Gasteiger partial charge in [0.25, 0.3) is 0 Å². The van der Waals surface area contributed by atoms with Crippen LogP contribution in [0, 0.1) is 5.92 Å². The average Bonchev–Trinajstić information content (AvgIpc) is 2.98. The van der Waals surface area contributed by atoms with Crippen LogP contribution in [0.2, 0.25) is 5.02 Å². The van der Waals surface area contributed by atoms with Gasteiger partial charge in [-0.1, -0.05) is 11.6 Å². The summed E-state index contributed by atoms with van der Waals surface area (Å²) in [5.74, 6) is -0.381. The molecule has 26 heavy (non-hydrogen) atoms. The van der Waals surface area contributed by atoms with Crippen LogP contribution in [0.1, 0.15) is 20.3 Å². The van der Waals surface area contributed by atoms with Gasteiger partial charge in [0, 0.05) is 50.2 Å². The number of carbonyl (C=O) groups is 2. The minimum atomic E-state index is -0.316. The molecule has 142 valence electrons. The number of rotatable bonds is 4. The van der Waals surface area contributed by atoms with Gasteiger partial charge in [-0.05, 0) is 39.1 Å². The fourth-order valence-corrected chi connectivity index (χ4v) is 3.74. The van der Waals surface area contributed by atoms with Crippen molar-refractivity contribution >= 4 is 34.8 Å². The number of anilines is 2. The largest absolute Gasteiger partial charge is 0.367 e. The van der Waals surface area contributed by atoms with Crippen molar-refractivity contribution in [1.82, 2.24) is 9.80 Å². The first-order valence-electron chi connectivity index (χ1n) is 9.18. The van der Waals surface area contributed by atoms with Gasteiger partial charge in [0.1, 0.15) is 0 Å². The smallest absolute Gasteiger partial charge is 0.229 e. The van der Waals surface area contributed by atoms with Crippen molar-refractivity contribution in [1.29, 1.82) is 0 Å². The molecule has 0 spiro atoms. The van der Waals surface area contributed by atoms with Crippen LogP contribution in [0.25, 0.3) is 0 Å². The Balaban J connectivity index is 1.74. The zero-order valence-corrected chi connectivity index (χ0v) is 16.4. The summed E-state index contributed by atoms with van der Waals surface area (Å²) < 4.78 is 0. The van der Waals surface area contributed by atoms with E-state index in [1.54, 1.807) is 11.0 Å². The second-order valence-electron chi connectivity index (χ2n) is 7.48. The Kier molecular flexibility index (Phi) is 5.73. The van der Waals surface area contributed by atoms with Crippen LogP contribution in [0.5, 0.6) is 0 Å². The van der Waals surface area contributed by atoms with Crippen LogP contribution in [0.3, 0.4) is 0 Å². The number of nitrogens with zero attached hydrogens (tertiary/aromatic N) is 3. The van der Waals surface area contributed by atoms with E-state index in [1.807, 2.05) is 26.0 Å². The van der Waals surface area contributed by atoms with Gasteiger partial charge in [-0.25, -0.2) is 0 Å². The molecule has 1 N–H and O–H groups in total. The van der Waals surface area contributed by atoms with Crippen LogP contribution < -0.4 is 10.2 Å². The first-order chi connectivity index (χ1) is 12.3. The minimum Gasteiger partial charge on any atom is -0.367 e. The summed E-state index contributed by atoms with van der Waals surface area (Å²) in [7, 11) is 2.11. The summed E-state index contributed by atoms with van der Waals surface area (Å²) in [6.45, 7) is 8.20. The molecule has 3 rings (SSSR count). The monoisotopic (exact) mass is 378 g/mol. The van der Waals surface area contributed by atoms with E-state index in [1.165, 1.54) is 0 Å². The highest BCUT2D eigenvalue weighted by Gasteiger charge is 2.35. The third-order valence-electron chi connectivity index (χ3n) is 5.21. The van der Waals surface area contributed by atoms with E-state index in [0.29, 0.717) is 11.6 Å². The molecule has 2 saturated heterocycles. The first-order valence-corrected chi connectivity index (χ1v) is 9.56. The quantitative estimate of drug-likeness (QED) is 0.873. The first kappa shape index (κ1) is 19.0. The summed E-state index contributed by atoms with van der Waals surface area (Å²) >= 11 is 6.17. The number of halogens is 1. The number of likely N-dealkylation sites (tertiary alicyclic amines) is 1.